The molecule has 0 spiro atoms. The summed E-state index contributed by atoms with van der Waals surface area (Å²) in [5, 5.41) is 4.81. The first-order valence-electron chi connectivity index (χ1n) is 5.36. The van der Waals surface area contributed by atoms with Crippen LogP contribution >= 0.6 is 0 Å². The highest BCUT2D eigenvalue weighted by Gasteiger charge is 2.01. The van der Waals surface area contributed by atoms with Crippen LogP contribution in [0.4, 0.5) is 0 Å². The molecule has 2 nitrogen and oxygen atoms in total. The van der Waals surface area contributed by atoms with Crippen LogP contribution in [0.15, 0.2) is 36.7 Å². The van der Waals surface area contributed by atoms with Crippen molar-refractivity contribution in [1.82, 2.24) is 9.97 Å². The number of rotatable bonds is 0. The Bertz CT molecular complexity index is 626. The number of hydrogen-bond acceptors (Lipinski definition) is 2. The zero-order valence-electron chi connectivity index (χ0n) is 9.36. The molecule has 2 heteroatoms. The Labute approximate surface area is 94.0 Å². The predicted molar refractivity (Wildman–Crippen MR) is 66.5 cm³/mol. The average molecular weight is 208 g/mol. The molecule has 2 aromatic heterocycles. The van der Waals surface area contributed by atoms with Gasteiger partial charge in [0, 0.05) is 34.6 Å². The van der Waals surface area contributed by atoms with Crippen molar-refractivity contribution in [3.8, 4) is 0 Å². The fraction of sp³-hybridized carbons (Fsp3) is 0.143. The summed E-state index contributed by atoms with van der Waals surface area (Å²) in [6.07, 6.45) is 3.87. The molecule has 0 fully saturated rings. The third kappa shape index (κ3) is 1.34. The quantitative estimate of drug-likeness (QED) is 0.529. The first-order chi connectivity index (χ1) is 7.74. The van der Waals surface area contributed by atoms with E-state index in [0.29, 0.717) is 0 Å². The molecule has 3 rings (SSSR count). The fourth-order valence-corrected chi connectivity index (χ4v) is 2.07. The Kier molecular flexibility index (Phi) is 1.90. The van der Waals surface area contributed by atoms with Crippen molar-refractivity contribution in [3.63, 3.8) is 0 Å². The van der Waals surface area contributed by atoms with Gasteiger partial charge in [0.25, 0.3) is 0 Å². The van der Waals surface area contributed by atoms with Crippen LogP contribution in [0.2, 0.25) is 0 Å². The molecule has 0 saturated heterocycles. The van der Waals surface area contributed by atoms with Gasteiger partial charge in [0.15, 0.2) is 0 Å². The maximum Gasteiger partial charge on any atom is 0.0379 e. The number of pyridine rings is 2. The van der Waals surface area contributed by atoms with E-state index in [4.69, 9.17) is 0 Å². The SMILES string of the molecule is Cc1cc2ccc3cc(C)ncc3c2cn1. The van der Waals surface area contributed by atoms with Gasteiger partial charge in [-0.1, -0.05) is 12.1 Å². The third-order valence-electron chi connectivity index (χ3n) is 2.88. The molecule has 78 valence electrons. The van der Waals surface area contributed by atoms with Crippen molar-refractivity contribution in [3.05, 3.63) is 48.0 Å². The van der Waals surface area contributed by atoms with Crippen LogP contribution in [0.25, 0.3) is 21.5 Å². The first kappa shape index (κ1) is 9.28. The van der Waals surface area contributed by atoms with Crippen LogP contribution in [-0.2, 0) is 0 Å². The zero-order chi connectivity index (χ0) is 11.1. The highest BCUT2D eigenvalue weighted by molar-refractivity contribution is 6.06. The molecule has 0 bridgehead atoms. The van der Waals surface area contributed by atoms with Crippen LogP contribution < -0.4 is 0 Å². The second kappa shape index (κ2) is 3.27. The summed E-state index contributed by atoms with van der Waals surface area (Å²) in [5.41, 5.74) is 2.10. The first-order valence-corrected chi connectivity index (χ1v) is 5.36. The molecule has 0 N–H and O–H groups in total. The second-order valence-electron chi connectivity index (χ2n) is 4.16. The highest BCUT2D eigenvalue weighted by Crippen LogP contribution is 2.24. The summed E-state index contributed by atoms with van der Waals surface area (Å²) in [5.74, 6) is 0. The van der Waals surface area contributed by atoms with E-state index in [-0.39, 0.29) is 0 Å². The lowest BCUT2D eigenvalue weighted by Crippen LogP contribution is -1.85. The van der Waals surface area contributed by atoms with Crippen molar-refractivity contribution in [1.29, 1.82) is 0 Å². The minimum Gasteiger partial charge on any atom is -0.261 e. The summed E-state index contributed by atoms with van der Waals surface area (Å²) in [4.78, 5) is 8.70. The van der Waals surface area contributed by atoms with Crippen molar-refractivity contribution in [2.75, 3.05) is 0 Å². The van der Waals surface area contributed by atoms with Crippen molar-refractivity contribution < 1.29 is 0 Å². The lowest BCUT2D eigenvalue weighted by Gasteiger charge is -2.04. The van der Waals surface area contributed by atoms with Crippen molar-refractivity contribution in [2.24, 2.45) is 0 Å². The molecule has 0 aliphatic rings. The molecule has 2 heterocycles. The van der Waals surface area contributed by atoms with E-state index in [1.54, 1.807) is 0 Å². The van der Waals surface area contributed by atoms with Gasteiger partial charge in [-0.3, -0.25) is 9.97 Å². The molecular formula is C14H12N2. The van der Waals surface area contributed by atoms with Gasteiger partial charge in [0.05, 0.1) is 0 Å². The summed E-state index contributed by atoms with van der Waals surface area (Å²) >= 11 is 0. The summed E-state index contributed by atoms with van der Waals surface area (Å²) in [6.45, 7) is 4.02. The van der Waals surface area contributed by atoms with Gasteiger partial charge in [-0.15, -0.1) is 0 Å². The molecule has 0 aliphatic carbocycles. The van der Waals surface area contributed by atoms with Gasteiger partial charge in [-0.2, -0.15) is 0 Å². The van der Waals surface area contributed by atoms with E-state index in [2.05, 4.69) is 34.2 Å². The summed E-state index contributed by atoms with van der Waals surface area (Å²) in [7, 11) is 0. The van der Waals surface area contributed by atoms with Crippen LogP contribution in [0.1, 0.15) is 11.4 Å². The molecule has 0 amide bonds. The van der Waals surface area contributed by atoms with E-state index >= 15 is 0 Å². The van der Waals surface area contributed by atoms with E-state index in [1.807, 2.05) is 26.2 Å². The maximum atomic E-state index is 4.35. The Morgan fingerprint density at radius 2 is 1.19 bits per heavy atom. The summed E-state index contributed by atoms with van der Waals surface area (Å²) in [6, 6.07) is 8.50. The van der Waals surface area contributed by atoms with Gasteiger partial charge >= 0.3 is 0 Å². The van der Waals surface area contributed by atoms with Crippen molar-refractivity contribution in [2.45, 2.75) is 13.8 Å². The van der Waals surface area contributed by atoms with Gasteiger partial charge in [-0.25, -0.2) is 0 Å². The van der Waals surface area contributed by atoms with Gasteiger partial charge < -0.3 is 0 Å². The van der Waals surface area contributed by atoms with Crippen molar-refractivity contribution >= 4 is 21.5 Å². The Hall–Kier alpha value is -1.96. The lowest BCUT2D eigenvalue weighted by molar-refractivity contribution is 1.22. The Morgan fingerprint density at radius 3 is 1.62 bits per heavy atom. The topological polar surface area (TPSA) is 25.8 Å². The normalized spacial score (nSPS) is 11.1. The fourth-order valence-electron chi connectivity index (χ4n) is 2.07. The number of benzene rings is 1. The van der Waals surface area contributed by atoms with E-state index in [9.17, 15) is 0 Å². The molecule has 1 aromatic carbocycles. The standard InChI is InChI=1S/C14H12N2/c1-9-5-11-3-4-12-6-10(2)16-8-14(12)13(11)7-15-9/h3-8H,1-2H3. The maximum absolute atomic E-state index is 4.35. The van der Waals surface area contributed by atoms with E-state index < -0.39 is 0 Å². The molecular weight excluding hydrogens is 196 g/mol. The predicted octanol–water partition coefficient (Wildman–Crippen LogP) is 3.40. The van der Waals surface area contributed by atoms with Gasteiger partial charge in [0.2, 0.25) is 0 Å². The zero-order valence-corrected chi connectivity index (χ0v) is 9.36. The van der Waals surface area contributed by atoms with Crippen LogP contribution in [0, 0.1) is 13.8 Å². The highest BCUT2D eigenvalue weighted by atomic mass is 14.7. The number of nitrogens with zero attached hydrogens (tertiary/aromatic N) is 2. The molecule has 0 aliphatic heterocycles. The minimum absolute atomic E-state index is 1.05. The largest absolute Gasteiger partial charge is 0.261 e. The molecule has 0 saturated carbocycles. The number of fused-ring (bicyclic) bond motifs is 3. The van der Waals surface area contributed by atoms with Crippen LogP contribution in [0.3, 0.4) is 0 Å². The van der Waals surface area contributed by atoms with E-state index in [0.717, 1.165) is 11.4 Å². The van der Waals surface area contributed by atoms with Crippen LogP contribution in [-0.4, -0.2) is 9.97 Å². The lowest BCUT2D eigenvalue weighted by atomic mass is 10.0. The number of aryl methyl sites for hydroxylation is 2. The molecule has 16 heavy (non-hydrogen) atoms. The molecule has 0 unspecified atom stereocenters. The Morgan fingerprint density at radius 1 is 0.750 bits per heavy atom. The second-order valence-corrected chi connectivity index (χ2v) is 4.16. The molecule has 3 aromatic rings. The average Bonchev–Trinajstić information content (AvgIpc) is 2.28. The van der Waals surface area contributed by atoms with E-state index in [1.165, 1.54) is 21.5 Å². The number of hydrogen-bond donors (Lipinski definition) is 0. The van der Waals surface area contributed by atoms with Crippen LogP contribution in [0.5, 0.6) is 0 Å². The number of aromatic nitrogens is 2. The van der Waals surface area contributed by atoms with Gasteiger partial charge in [-0.05, 0) is 36.8 Å². The smallest absolute Gasteiger partial charge is 0.0379 e. The third-order valence-corrected chi connectivity index (χ3v) is 2.88. The molecule has 0 atom stereocenters. The Balaban J connectivity index is 2.50. The monoisotopic (exact) mass is 208 g/mol. The minimum atomic E-state index is 1.05. The summed E-state index contributed by atoms with van der Waals surface area (Å²) < 4.78 is 0. The van der Waals surface area contributed by atoms with Gasteiger partial charge in [0.1, 0.15) is 0 Å². The molecule has 0 radical (unpaired) electrons.